The SMILES string of the molecule is CCCNC(=O)[C@H](C)OC(=O)c1ccc2c(c1)NC(=O)CCS2. The van der Waals surface area contributed by atoms with E-state index < -0.39 is 12.1 Å². The van der Waals surface area contributed by atoms with Gasteiger partial charge in [0.15, 0.2) is 6.10 Å². The van der Waals surface area contributed by atoms with Crippen LogP contribution in [0.25, 0.3) is 0 Å². The summed E-state index contributed by atoms with van der Waals surface area (Å²) in [6.45, 7) is 4.02. The smallest absolute Gasteiger partial charge is 0.338 e. The van der Waals surface area contributed by atoms with Gasteiger partial charge in [0.05, 0.1) is 11.3 Å². The minimum Gasteiger partial charge on any atom is -0.449 e. The highest BCUT2D eigenvalue weighted by atomic mass is 32.2. The Balaban J connectivity index is 2.05. The average Bonchev–Trinajstić information content (AvgIpc) is 2.71. The van der Waals surface area contributed by atoms with Gasteiger partial charge in [0.2, 0.25) is 5.91 Å². The monoisotopic (exact) mass is 336 g/mol. The standard InChI is InChI=1S/C16H20N2O4S/c1-3-7-17-15(20)10(2)22-16(21)11-4-5-13-12(9-11)18-14(19)6-8-23-13/h4-5,9-10H,3,6-8H2,1-2H3,(H,17,20)(H,18,19)/t10-/m0/s1. The van der Waals surface area contributed by atoms with Gasteiger partial charge in [-0.15, -0.1) is 11.8 Å². The predicted octanol–water partition coefficient (Wildman–Crippen LogP) is 2.19. The van der Waals surface area contributed by atoms with Crippen LogP contribution in [0.15, 0.2) is 23.1 Å². The minimum absolute atomic E-state index is 0.0749. The highest BCUT2D eigenvalue weighted by molar-refractivity contribution is 7.99. The zero-order chi connectivity index (χ0) is 16.8. The summed E-state index contributed by atoms with van der Waals surface area (Å²) in [6.07, 6.45) is 0.388. The summed E-state index contributed by atoms with van der Waals surface area (Å²) in [5, 5.41) is 5.45. The van der Waals surface area contributed by atoms with Crippen LogP contribution in [0.1, 0.15) is 37.0 Å². The van der Waals surface area contributed by atoms with Crippen LogP contribution in [0.5, 0.6) is 0 Å². The molecule has 1 aliphatic rings. The van der Waals surface area contributed by atoms with Crippen molar-refractivity contribution >= 4 is 35.2 Å². The van der Waals surface area contributed by atoms with E-state index in [1.807, 2.05) is 6.92 Å². The van der Waals surface area contributed by atoms with Gasteiger partial charge in [0.25, 0.3) is 5.91 Å². The highest BCUT2D eigenvalue weighted by Gasteiger charge is 2.20. The summed E-state index contributed by atoms with van der Waals surface area (Å²) in [5.41, 5.74) is 0.914. The van der Waals surface area contributed by atoms with Crippen LogP contribution in [0.3, 0.4) is 0 Å². The predicted molar refractivity (Wildman–Crippen MR) is 88.6 cm³/mol. The maximum Gasteiger partial charge on any atom is 0.338 e. The van der Waals surface area contributed by atoms with E-state index in [-0.39, 0.29) is 11.8 Å². The third kappa shape index (κ3) is 4.72. The lowest BCUT2D eigenvalue weighted by Gasteiger charge is -2.14. The summed E-state index contributed by atoms with van der Waals surface area (Å²) >= 11 is 1.56. The first-order chi connectivity index (χ1) is 11.0. The maximum absolute atomic E-state index is 12.2. The van der Waals surface area contributed by atoms with E-state index in [0.717, 1.165) is 11.3 Å². The fourth-order valence-electron chi connectivity index (χ4n) is 2.02. The molecule has 0 spiro atoms. The summed E-state index contributed by atoms with van der Waals surface area (Å²) in [6, 6.07) is 5.01. The number of rotatable bonds is 5. The molecule has 1 aromatic carbocycles. The summed E-state index contributed by atoms with van der Waals surface area (Å²) < 4.78 is 5.17. The quantitative estimate of drug-likeness (QED) is 0.805. The molecule has 0 bridgehead atoms. The number of nitrogens with one attached hydrogen (secondary N) is 2. The topological polar surface area (TPSA) is 84.5 Å². The normalized spacial score (nSPS) is 15.0. The Hall–Kier alpha value is -2.02. The van der Waals surface area contributed by atoms with Crippen molar-refractivity contribution in [1.29, 1.82) is 0 Å². The molecule has 0 unspecified atom stereocenters. The molecule has 1 aliphatic heterocycles. The molecule has 124 valence electrons. The molecule has 0 saturated carbocycles. The van der Waals surface area contributed by atoms with Crippen molar-refractivity contribution in [3.8, 4) is 0 Å². The molecule has 7 heteroatoms. The molecule has 2 amide bonds. The molecule has 1 atom stereocenters. The third-order valence-corrected chi connectivity index (χ3v) is 4.35. The molecule has 6 nitrogen and oxygen atoms in total. The van der Waals surface area contributed by atoms with Gasteiger partial charge in [0.1, 0.15) is 0 Å². The zero-order valence-electron chi connectivity index (χ0n) is 13.2. The Bertz CT molecular complexity index is 618. The van der Waals surface area contributed by atoms with Crippen LogP contribution in [-0.2, 0) is 14.3 Å². The second kappa shape index (κ2) is 8.01. The van der Waals surface area contributed by atoms with Gasteiger partial charge in [-0.05, 0) is 31.5 Å². The first kappa shape index (κ1) is 17.3. The van der Waals surface area contributed by atoms with Crippen molar-refractivity contribution in [1.82, 2.24) is 5.32 Å². The Morgan fingerprint density at radius 2 is 2.22 bits per heavy atom. The Morgan fingerprint density at radius 3 is 2.96 bits per heavy atom. The molecule has 0 radical (unpaired) electrons. The number of hydrogen-bond acceptors (Lipinski definition) is 5. The first-order valence-electron chi connectivity index (χ1n) is 7.56. The molecule has 23 heavy (non-hydrogen) atoms. The molecular formula is C16H20N2O4S. The van der Waals surface area contributed by atoms with E-state index in [1.54, 1.807) is 30.0 Å². The number of amides is 2. The molecule has 0 fully saturated rings. The van der Waals surface area contributed by atoms with Crippen LogP contribution in [0.4, 0.5) is 5.69 Å². The fraction of sp³-hybridized carbons (Fsp3) is 0.438. The van der Waals surface area contributed by atoms with E-state index in [1.165, 1.54) is 6.92 Å². The summed E-state index contributed by atoms with van der Waals surface area (Å²) in [4.78, 5) is 36.4. The minimum atomic E-state index is -0.864. The number of carbonyl (C=O) groups excluding carboxylic acids is 3. The van der Waals surface area contributed by atoms with Crippen molar-refractivity contribution in [3.63, 3.8) is 0 Å². The molecule has 0 aromatic heterocycles. The number of thioether (sulfide) groups is 1. The molecule has 1 aromatic rings. The van der Waals surface area contributed by atoms with Gasteiger partial charge in [-0.25, -0.2) is 4.79 Å². The molecular weight excluding hydrogens is 316 g/mol. The van der Waals surface area contributed by atoms with Crippen LogP contribution in [-0.4, -0.2) is 36.2 Å². The van der Waals surface area contributed by atoms with Gasteiger partial charge in [-0.2, -0.15) is 0 Å². The van der Waals surface area contributed by atoms with E-state index >= 15 is 0 Å². The third-order valence-electron chi connectivity index (χ3n) is 3.28. The molecule has 0 saturated heterocycles. The fourth-order valence-corrected chi connectivity index (χ4v) is 2.96. The van der Waals surface area contributed by atoms with Crippen LogP contribution >= 0.6 is 11.8 Å². The van der Waals surface area contributed by atoms with Crippen molar-refractivity contribution in [2.24, 2.45) is 0 Å². The van der Waals surface area contributed by atoms with E-state index in [4.69, 9.17) is 4.74 Å². The van der Waals surface area contributed by atoms with Crippen LogP contribution in [0.2, 0.25) is 0 Å². The average molecular weight is 336 g/mol. The van der Waals surface area contributed by atoms with E-state index in [2.05, 4.69) is 10.6 Å². The second-order valence-corrected chi connectivity index (χ2v) is 6.33. The van der Waals surface area contributed by atoms with Gasteiger partial charge >= 0.3 is 5.97 Å². The number of fused-ring (bicyclic) bond motifs is 1. The number of benzene rings is 1. The van der Waals surface area contributed by atoms with E-state index in [0.29, 0.717) is 30.0 Å². The number of esters is 1. The number of carbonyl (C=O) groups is 3. The summed E-state index contributed by atoms with van der Waals surface area (Å²) in [5.74, 6) is -0.277. The Kier molecular flexibility index (Phi) is 6.04. The van der Waals surface area contributed by atoms with Gasteiger partial charge < -0.3 is 15.4 Å². The number of hydrogen-bond donors (Lipinski definition) is 2. The van der Waals surface area contributed by atoms with Crippen LogP contribution < -0.4 is 10.6 Å². The van der Waals surface area contributed by atoms with E-state index in [9.17, 15) is 14.4 Å². The van der Waals surface area contributed by atoms with Gasteiger partial charge in [-0.1, -0.05) is 6.92 Å². The first-order valence-corrected chi connectivity index (χ1v) is 8.55. The van der Waals surface area contributed by atoms with Crippen molar-refractivity contribution in [2.45, 2.75) is 37.7 Å². The molecule has 0 aliphatic carbocycles. The lowest BCUT2D eigenvalue weighted by atomic mass is 10.2. The number of ether oxygens (including phenoxy) is 1. The maximum atomic E-state index is 12.2. The van der Waals surface area contributed by atoms with Crippen molar-refractivity contribution < 1.29 is 19.1 Å². The Labute approximate surface area is 139 Å². The molecule has 1 heterocycles. The lowest BCUT2D eigenvalue weighted by Crippen LogP contribution is -2.36. The van der Waals surface area contributed by atoms with Gasteiger partial charge in [0, 0.05) is 23.6 Å². The highest BCUT2D eigenvalue weighted by Crippen LogP contribution is 2.31. The van der Waals surface area contributed by atoms with Crippen molar-refractivity contribution in [3.05, 3.63) is 23.8 Å². The lowest BCUT2D eigenvalue weighted by molar-refractivity contribution is -0.129. The largest absolute Gasteiger partial charge is 0.449 e. The molecule has 2 N–H and O–H groups in total. The Morgan fingerprint density at radius 1 is 1.43 bits per heavy atom. The van der Waals surface area contributed by atoms with Crippen molar-refractivity contribution in [2.75, 3.05) is 17.6 Å². The zero-order valence-corrected chi connectivity index (χ0v) is 14.0. The second-order valence-electron chi connectivity index (χ2n) is 5.20. The summed E-state index contributed by atoms with van der Waals surface area (Å²) in [7, 11) is 0. The number of anilines is 1. The molecule has 2 rings (SSSR count). The van der Waals surface area contributed by atoms with Crippen LogP contribution in [0, 0.1) is 0 Å². The van der Waals surface area contributed by atoms with Gasteiger partial charge in [-0.3, -0.25) is 9.59 Å².